The number of hydrogen-bond donors (Lipinski definition) is 0. The third-order valence-electron chi connectivity index (χ3n) is 2.98. The number of aryl methyl sites for hydroxylation is 1. The van der Waals surface area contributed by atoms with Gasteiger partial charge in [-0.15, -0.1) is 0 Å². The van der Waals surface area contributed by atoms with Crippen molar-refractivity contribution >= 4 is 5.65 Å². The summed E-state index contributed by atoms with van der Waals surface area (Å²) < 4.78 is 1.94. The lowest BCUT2D eigenvalue weighted by Gasteiger charge is -2.00. The van der Waals surface area contributed by atoms with Gasteiger partial charge >= 0.3 is 0 Å². The topological polar surface area (TPSA) is 54.0 Å². The van der Waals surface area contributed by atoms with Gasteiger partial charge in [0, 0.05) is 29.8 Å². The van der Waals surface area contributed by atoms with Crippen molar-refractivity contribution < 1.29 is 0 Å². The third kappa shape index (κ3) is 1.54. The zero-order valence-electron chi connectivity index (χ0n) is 9.83. The van der Waals surface area contributed by atoms with E-state index in [1.54, 1.807) is 18.5 Å². The minimum Gasteiger partial charge on any atom is -0.302 e. The van der Waals surface area contributed by atoms with Gasteiger partial charge in [0.15, 0.2) is 0 Å². The van der Waals surface area contributed by atoms with E-state index in [0.29, 0.717) is 5.56 Å². The van der Waals surface area contributed by atoms with Crippen LogP contribution < -0.4 is 0 Å². The van der Waals surface area contributed by atoms with Crippen LogP contribution in [0, 0.1) is 18.3 Å². The number of fused-ring (bicyclic) bond motifs is 1. The Labute approximate surface area is 104 Å². The van der Waals surface area contributed by atoms with Gasteiger partial charge in [0.1, 0.15) is 11.7 Å². The summed E-state index contributed by atoms with van der Waals surface area (Å²) in [5.74, 6) is 0. The predicted octanol–water partition coefficient (Wildman–Crippen LogP) is 2.58. The lowest BCUT2D eigenvalue weighted by atomic mass is 10.2. The molecule has 3 aromatic heterocycles. The van der Waals surface area contributed by atoms with Crippen LogP contribution in [0.3, 0.4) is 0 Å². The summed E-state index contributed by atoms with van der Waals surface area (Å²) in [6.07, 6.45) is 5.43. The number of pyridine rings is 2. The molecule has 0 unspecified atom stereocenters. The second-order valence-corrected chi connectivity index (χ2v) is 4.03. The fraction of sp³-hybridized carbons (Fsp3) is 0.0714. The Morgan fingerprint density at radius 3 is 2.67 bits per heavy atom. The second kappa shape index (κ2) is 3.97. The molecular weight excluding hydrogens is 224 g/mol. The summed E-state index contributed by atoms with van der Waals surface area (Å²) in [7, 11) is 0. The van der Waals surface area contributed by atoms with E-state index >= 15 is 0 Å². The van der Waals surface area contributed by atoms with Crippen molar-refractivity contribution in [2.45, 2.75) is 6.92 Å². The monoisotopic (exact) mass is 234 g/mol. The molecule has 4 heteroatoms. The summed E-state index contributed by atoms with van der Waals surface area (Å²) in [6.45, 7) is 1.92. The first-order valence-corrected chi connectivity index (χ1v) is 5.59. The molecule has 0 N–H and O–H groups in total. The van der Waals surface area contributed by atoms with Gasteiger partial charge in [0.25, 0.3) is 0 Å². The molecule has 0 aliphatic carbocycles. The third-order valence-corrected chi connectivity index (χ3v) is 2.98. The van der Waals surface area contributed by atoms with Crippen molar-refractivity contribution in [3.63, 3.8) is 0 Å². The number of hydrogen-bond acceptors (Lipinski definition) is 3. The summed E-state index contributed by atoms with van der Waals surface area (Å²) in [5, 5.41) is 9.01. The van der Waals surface area contributed by atoms with Crippen LogP contribution in [0.15, 0.2) is 42.9 Å². The molecule has 0 aliphatic heterocycles. The molecule has 3 aromatic rings. The highest BCUT2D eigenvalue weighted by Gasteiger charge is 2.07. The molecule has 0 aromatic carbocycles. The lowest BCUT2D eigenvalue weighted by molar-refractivity contribution is 1.08. The van der Waals surface area contributed by atoms with Crippen molar-refractivity contribution in [2.24, 2.45) is 0 Å². The molecule has 0 saturated carbocycles. The van der Waals surface area contributed by atoms with E-state index in [4.69, 9.17) is 5.26 Å². The van der Waals surface area contributed by atoms with Crippen LogP contribution in [-0.4, -0.2) is 14.4 Å². The highest BCUT2D eigenvalue weighted by Crippen LogP contribution is 2.20. The molecule has 18 heavy (non-hydrogen) atoms. The standard InChI is InChI=1S/C14H10N4/c1-10-12(8-15)2-3-14-17-13(9-18(10)14)11-4-6-16-7-5-11/h2-7,9H,1H3. The Kier molecular flexibility index (Phi) is 2.31. The molecule has 0 aliphatic rings. The largest absolute Gasteiger partial charge is 0.302 e. The summed E-state index contributed by atoms with van der Waals surface area (Å²) in [5.41, 5.74) is 4.32. The number of aromatic nitrogens is 3. The Bertz CT molecular complexity index is 751. The molecule has 4 nitrogen and oxygen atoms in total. The minimum atomic E-state index is 0.668. The van der Waals surface area contributed by atoms with Crippen molar-refractivity contribution in [1.82, 2.24) is 14.4 Å². The van der Waals surface area contributed by atoms with E-state index in [1.165, 1.54) is 0 Å². The fourth-order valence-electron chi connectivity index (χ4n) is 1.97. The molecule has 3 heterocycles. The van der Waals surface area contributed by atoms with E-state index in [2.05, 4.69) is 16.0 Å². The van der Waals surface area contributed by atoms with Crippen LogP contribution in [0.5, 0.6) is 0 Å². The zero-order chi connectivity index (χ0) is 12.5. The highest BCUT2D eigenvalue weighted by atomic mass is 15.0. The number of rotatable bonds is 1. The Morgan fingerprint density at radius 1 is 1.17 bits per heavy atom. The first-order valence-electron chi connectivity index (χ1n) is 5.59. The van der Waals surface area contributed by atoms with Gasteiger partial charge in [0.05, 0.1) is 11.3 Å². The molecule has 0 radical (unpaired) electrons. The molecule has 3 rings (SSSR count). The van der Waals surface area contributed by atoms with Gasteiger partial charge in [-0.2, -0.15) is 5.26 Å². The van der Waals surface area contributed by atoms with Crippen LogP contribution in [-0.2, 0) is 0 Å². The lowest BCUT2D eigenvalue weighted by Crippen LogP contribution is -1.93. The summed E-state index contributed by atoms with van der Waals surface area (Å²) >= 11 is 0. The van der Waals surface area contributed by atoms with E-state index < -0.39 is 0 Å². The molecule has 0 bridgehead atoms. The maximum atomic E-state index is 9.01. The van der Waals surface area contributed by atoms with Gasteiger partial charge in [-0.05, 0) is 31.2 Å². The summed E-state index contributed by atoms with van der Waals surface area (Å²) in [6, 6.07) is 9.67. The Balaban J connectivity index is 2.24. The van der Waals surface area contributed by atoms with Crippen LogP contribution in [0.25, 0.3) is 16.9 Å². The quantitative estimate of drug-likeness (QED) is 0.650. The number of imidazole rings is 1. The molecule has 86 valence electrons. The van der Waals surface area contributed by atoms with E-state index in [9.17, 15) is 0 Å². The maximum Gasteiger partial charge on any atom is 0.137 e. The SMILES string of the molecule is Cc1c(C#N)ccc2nc(-c3ccncc3)cn12. The molecule has 0 atom stereocenters. The average molecular weight is 234 g/mol. The normalized spacial score (nSPS) is 10.4. The van der Waals surface area contributed by atoms with Gasteiger partial charge in [-0.1, -0.05) is 0 Å². The maximum absolute atomic E-state index is 9.01. The van der Waals surface area contributed by atoms with Crippen LogP contribution in [0.1, 0.15) is 11.3 Å². The molecular formula is C14H10N4. The number of nitriles is 1. The Morgan fingerprint density at radius 2 is 1.94 bits per heavy atom. The van der Waals surface area contributed by atoms with Gasteiger partial charge in [-0.25, -0.2) is 4.98 Å². The Hall–Kier alpha value is -2.67. The second-order valence-electron chi connectivity index (χ2n) is 4.03. The minimum absolute atomic E-state index is 0.668. The first kappa shape index (κ1) is 10.5. The van der Waals surface area contributed by atoms with Crippen LogP contribution in [0.2, 0.25) is 0 Å². The fourth-order valence-corrected chi connectivity index (χ4v) is 1.97. The molecule has 0 fully saturated rings. The van der Waals surface area contributed by atoms with E-state index in [-0.39, 0.29) is 0 Å². The van der Waals surface area contributed by atoms with Crippen LogP contribution >= 0.6 is 0 Å². The van der Waals surface area contributed by atoms with Crippen molar-refractivity contribution in [3.8, 4) is 17.3 Å². The van der Waals surface area contributed by atoms with Gasteiger partial charge in [0.2, 0.25) is 0 Å². The zero-order valence-corrected chi connectivity index (χ0v) is 9.83. The highest BCUT2D eigenvalue weighted by molar-refractivity contribution is 5.63. The van der Waals surface area contributed by atoms with Crippen molar-refractivity contribution in [2.75, 3.05) is 0 Å². The van der Waals surface area contributed by atoms with Crippen molar-refractivity contribution in [3.05, 3.63) is 54.1 Å². The number of nitrogens with zero attached hydrogens (tertiary/aromatic N) is 4. The van der Waals surface area contributed by atoms with Gasteiger partial charge in [-0.3, -0.25) is 4.98 Å². The molecule has 0 amide bonds. The average Bonchev–Trinajstić information content (AvgIpc) is 2.85. The van der Waals surface area contributed by atoms with E-state index in [0.717, 1.165) is 22.6 Å². The summed E-state index contributed by atoms with van der Waals surface area (Å²) in [4.78, 5) is 8.54. The first-order chi connectivity index (χ1) is 8.79. The van der Waals surface area contributed by atoms with Crippen LogP contribution in [0.4, 0.5) is 0 Å². The molecule has 0 spiro atoms. The van der Waals surface area contributed by atoms with E-state index in [1.807, 2.05) is 35.7 Å². The van der Waals surface area contributed by atoms with Gasteiger partial charge < -0.3 is 4.40 Å². The van der Waals surface area contributed by atoms with Crippen molar-refractivity contribution in [1.29, 1.82) is 5.26 Å². The predicted molar refractivity (Wildman–Crippen MR) is 67.9 cm³/mol. The smallest absolute Gasteiger partial charge is 0.137 e. The molecule has 0 saturated heterocycles.